The first-order chi connectivity index (χ1) is 15.7. The van der Waals surface area contributed by atoms with Gasteiger partial charge in [0.25, 0.3) is 5.69 Å². The molecule has 0 atom stereocenters. The van der Waals surface area contributed by atoms with Crippen molar-refractivity contribution in [3.63, 3.8) is 0 Å². The van der Waals surface area contributed by atoms with Crippen LogP contribution >= 0.6 is 11.6 Å². The number of halogens is 1. The molecular formula is C22H24ClN3O6S. The van der Waals surface area contributed by atoms with Crippen molar-refractivity contribution in [3.05, 3.63) is 63.2 Å². The molecule has 2 aromatic carbocycles. The molecule has 1 fully saturated rings. The van der Waals surface area contributed by atoms with Crippen molar-refractivity contribution >= 4 is 45.0 Å². The molecule has 2 aromatic rings. The molecule has 3 rings (SSSR count). The molecule has 176 valence electrons. The van der Waals surface area contributed by atoms with E-state index in [1.807, 2.05) is 0 Å². The van der Waals surface area contributed by atoms with E-state index in [4.69, 9.17) is 16.3 Å². The fourth-order valence-corrected chi connectivity index (χ4v) is 5.15. The van der Waals surface area contributed by atoms with E-state index in [1.165, 1.54) is 52.9 Å². The molecule has 0 unspecified atom stereocenters. The van der Waals surface area contributed by atoms with Crippen molar-refractivity contribution in [1.82, 2.24) is 4.31 Å². The van der Waals surface area contributed by atoms with Gasteiger partial charge in [0.2, 0.25) is 15.9 Å². The van der Waals surface area contributed by atoms with Crippen LogP contribution in [0.3, 0.4) is 0 Å². The summed E-state index contributed by atoms with van der Waals surface area (Å²) >= 11 is 5.80. The Morgan fingerprint density at radius 1 is 1.21 bits per heavy atom. The third kappa shape index (κ3) is 6.10. The molecule has 1 aliphatic rings. The van der Waals surface area contributed by atoms with Crippen molar-refractivity contribution in [3.8, 4) is 5.75 Å². The highest BCUT2D eigenvalue weighted by molar-refractivity contribution is 7.89. The Morgan fingerprint density at radius 2 is 1.94 bits per heavy atom. The average Bonchev–Trinajstić information content (AvgIpc) is 2.80. The molecule has 1 amide bonds. The highest BCUT2D eigenvalue weighted by atomic mass is 35.5. The Balaban J connectivity index is 1.83. The number of carbonyl (C=O) groups is 1. The van der Waals surface area contributed by atoms with Gasteiger partial charge in [-0.25, -0.2) is 8.42 Å². The molecule has 11 heteroatoms. The minimum atomic E-state index is -3.69. The van der Waals surface area contributed by atoms with Crippen molar-refractivity contribution in [2.75, 3.05) is 25.0 Å². The molecule has 9 nitrogen and oxygen atoms in total. The van der Waals surface area contributed by atoms with Crippen LogP contribution in [0.5, 0.6) is 5.75 Å². The lowest BCUT2D eigenvalue weighted by Gasteiger charge is -2.26. The Labute approximate surface area is 197 Å². The van der Waals surface area contributed by atoms with Crippen LogP contribution in [0.4, 0.5) is 11.4 Å². The minimum absolute atomic E-state index is 0.00492. The summed E-state index contributed by atoms with van der Waals surface area (Å²) in [6, 6.07) is 8.53. The molecule has 0 aliphatic carbocycles. The van der Waals surface area contributed by atoms with Gasteiger partial charge < -0.3 is 10.1 Å². The number of sulfonamides is 1. The van der Waals surface area contributed by atoms with E-state index in [0.29, 0.717) is 31.0 Å². The topological polar surface area (TPSA) is 119 Å². The second-order valence-corrected chi connectivity index (χ2v) is 9.69. The van der Waals surface area contributed by atoms with Gasteiger partial charge in [-0.1, -0.05) is 24.1 Å². The fraction of sp³-hybridized carbons (Fsp3) is 0.318. The first kappa shape index (κ1) is 24.7. The molecule has 1 heterocycles. The molecule has 0 saturated carbocycles. The molecule has 0 radical (unpaired) electrons. The average molecular weight is 494 g/mol. The van der Waals surface area contributed by atoms with E-state index in [9.17, 15) is 23.3 Å². The van der Waals surface area contributed by atoms with Crippen LogP contribution in [0.15, 0.2) is 47.4 Å². The van der Waals surface area contributed by atoms with Gasteiger partial charge in [-0.3, -0.25) is 14.9 Å². The van der Waals surface area contributed by atoms with Gasteiger partial charge in [-0.15, -0.1) is 0 Å². The smallest absolute Gasteiger partial charge is 0.288 e. The van der Waals surface area contributed by atoms with E-state index in [1.54, 1.807) is 6.92 Å². The van der Waals surface area contributed by atoms with Crippen molar-refractivity contribution < 1.29 is 22.9 Å². The molecular weight excluding hydrogens is 470 g/mol. The quantitative estimate of drug-likeness (QED) is 0.329. The maximum absolute atomic E-state index is 13.0. The van der Waals surface area contributed by atoms with Crippen LogP contribution in [0.2, 0.25) is 5.02 Å². The van der Waals surface area contributed by atoms with Crippen molar-refractivity contribution in [1.29, 1.82) is 0 Å². The van der Waals surface area contributed by atoms with E-state index in [2.05, 4.69) is 5.32 Å². The first-order valence-electron chi connectivity index (χ1n) is 10.4. The van der Waals surface area contributed by atoms with Crippen LogP contribution in [-0.2, 0) is 14.8 Å². The van der Waals surface area contributed by atoms with Crippen LogP contribution in [0.1, 0.15) is 31.7 Å². The Bertz CT molecular complexity index is 1180. The van der Waals surface area contributed by atoms with E-state index in [-0.39, 0.29) is 21.3 Å². The van der Waals surface area contributed by atoms with Gasteiger partial charge in [0.05, 0.1) is 22.1 Å². The monoisotopic (exact) mass is 493 g/mol. The molecule has 33 heavy (non-hydrogen) atoms. The van der Waals surface area contributed by atoms with Crippen LogP contribution < -0.4 is 10.1 Å². The lowest BCUT2D eigenvalue weighted by Crippen LogP contribution is -2.35. The van der Waals surface area contributed by atoms with Gasteiger partial charge in [-0.05, 0) is 55.7 Å². The van der Waals surface area contributed by atoms with Gasteiger partial charge in [-0.2, -0.15) is 4.31 Å². The maximum atomic E-state index is 13.0. The molecule has 0 aromatic heterocycles. The highest BCUT2D eigenvalue weighted by Crippen LogP contribution is 2.30. The number of nitro groups is 1. The fourth-order valence-electron chi connectivity index (χ4n) is 3.42. The number of rotatable bonds is 8. The number of nitrogens with one attached hydrogen (secondary N) is 1. The molecule has 1 N–H and O–H groups in total. The molecule has 0 spiro atoms. The number of piperidine rings is 1. The lowest BCUT2D eigenvalue weighted by atomic mass is 10.2. The minimum Gasteiger partial charge on any atom is -0.492 e. The summed E-state index contributed by atoms with van der Waals surface area (Å²) in [5.41, 5.74) is 0.354. The second kappa shape index (κ2) is 10.8. The zero-order valence-corrected chi connectivity index (χ0v) is 19.6. The summed E-state index contributed by atoms with van der Waals surface area (Å²) in [7, 11) is -3.69. The SMILES string of the molecule is CCOc1ccc(S(=O)(=O)N2CCCCC2)cc1NC(=O)/C=C/c1ccc(Cl)c([N+](=O)[O-])c1. The number of nitrogens with zero attached hydrogens (tertiary/aromatic N) is 2. The summed E-state index contributed by atoms with van der Waals surface area (Å²) in [5, 5.41) is 13.7. The molecule has 1 aliphatic heterocycles. The van der Waals surface area contributed by atoms with Crippen LogP contribution in [0.25, 0.3) is 6.08 Å². The predicted octanol–water partition coefficient (Wildman–Crippen LogP) is 4.47. The predicted molar refractivity (Wildman–Crippen MR) is 126 cm³/mol. The summed E-state index contributed by atoms with van der Waals surface area (Å²) in [5.74, 6) is -0.222. The maximum Gasteiger partial charge on any atom is 0.288 e. The van der Waals surface area contributed by atoms with Gasteiger partial charge >= 0.3 is 0 Å². The Hall–Kier alpha value is -2.95. The normalized spacial score (nSPS) is 14.8. The molecule has 1 saturated heterocycles. The van der Waals surface area contributed by atoms with E-state index in [0.717, 1.165) is 19.3 Å². The first-order valence-corrected chi connectivity index (χ1v) is 12.2. The number of ether oxygens (including phenoxy) is 1. The zero-order chi connectivity index (χ0) is 24.0. The lowest BCUT2D eigenvalue weighted by molar-refractivity contribution is -0.384. The van der Waals surface area contributed by atoms with Crippen molar-refractivity contribution in [2.24, 2.45) is 0 Å². The van der Waals surface area contributed by atoms with E-state index < -0.39 is 20.9 Å². The third-order valence-corrected chi connectivity index (χ3v) is 7.27. The number of hydrogen-bond acceptors (Lipinski definition) is 6. The number of hydrogen-bond donors (Lipinski definition) is 1. The summed E-state index contributed by atoms with van der Waals surface area (Å²) in [4.78, 5) is 23.0. The van der Waals surface area contributed by atoms with Gasteiger partial charge in [0, 0.05) is 25.2 Å². The van der Waals surface area contributed by atoms with E-state index >= 15 is 0 Å². The standard InChI is InChI=1S/C22H24ClN3O6S/c1-2-32-21-10-8-17(33(30,31)25-12-4-3-5-13-25)15-19(21)24-22(27)11-7-16-6-9-18(23)20(14-16)26(28)29/h6-11,14-15H,2-5,12-13H2,1H3,(H,24,27)/b11-7+. The van der Waals surface area contributed by atoms with Crippen molar-refractivity contribution in [2.45, 2.75) is 31.1 Å². The molecule has 0 bridgehead atoms. The number of amides is 1. The number of carbonyl (C=O) groups excluding carboxylic acids is 1. The third-order valence-electron chi connectivity index (χ3n) is 5.06. The summed E-state index contributed by atoms with van der Waals surface area (Å²) < 4.78 is 33.0. The second-order valence-electron chi connectivity index (χ2n) is 7.35. The highest BCUT2D eigenvalue weighted by Gasteiger charge is 2.27. The number of nitro benzene ring substituents is 1. The Kier molecular flexibility index (Phi) is 8.06. The number of anilines is 1. The zero-order valence-electron chi connectivity index (χ0n) is 18.0. The van der Waals surface area contributed by atoms with Gasteiger partial charge in [0.15, 0.2) is 0 Å². The number of benzene rings is 2. The van der Waals surface area contributed by atoms with Gasteiger partial charge in [0.1, 0.15) is 10.8 Å². The largest absolute Gasteiger partial charge is 0.492 e. The van der Waals surface area contributed by atoms with Crippen LogP contribution in [0, 0.1) is 10.1 Å². The summed E-state index contributed by atoms with van der Waals surface area (Å²) in [6.45, 7) is 3.03. The summed E-state index contributed by atoms with van der Waals surface area (Å²) in [6.07, 6.45) is 5.21. The Morgan fingerprint density at radius 3 is 2.61 bits per heavy atom. The van der Waals surface area contributed by atoms with Crippen LogP contribution in [-0.4, -0.2) is 43.2 Å².